The van der Waals surface area contributed by atoms with Crippen molar-refractivity contribution in [3.05, 3.63) is 0 Å². The van der Waals surface area contributed by atoms with E-state index in [2.05, 4.69) is 41.5 Å². The quantitative estimate of drug-likeness (QED) is 0.697. The molecule has 0 aromatic carbocycles. The van der Waals surface area contributed by atoms with Gasteiger partial charge in [-0.15, -0.1) is 0 Å². The lowest BCUT2D eigenvalue weighted by Crippen LogP contribution is -2.28. The lowest BCUT2D eigenvalue weighted by molar-refractivity contribution is 0.112. The first kappa shape index (κ1) is 13.0. The van der Waals surface area contributed by atoms with Crippen molar-refractivity contribution in [1.29, 1.82) is 0 Å². The van der Waals surface area contributed by atoms with Crippen LogP contribution in [0.3, 0.4) is 0 Å². The van der Waals surface area contributed by atoms with E-state index in [1.165, 1.54) is 6.42 Å². The fraction of sp³-hybridized carbons (Fsp3) is 1.00. The molecule has 0 aliphatic carbocycles. The van der Waals surface area contributed by atoms with Gasteiger partial charge in [-0.05, 0) is 29.6 Å². The minimum atomic E-state index is 0.266. The topological polar surface area (TPSA) is 20.2 Å². The van der Waals surface area contributed by atoms with Crippen molar-refractivity contribution in [3.63, 3.8) is 0 Å². The van der Waals surface area contributed by atoms with Crippen molar-refractivity contribution in [3.8, 4) is 0 Å². The standard InChI is InChI=1S/C12H26O/c1-10(2)12(5,6)9-11(3,4)7-8-13/h10,13H,7-9H2,1-6H3. The minimum absolute atomic E-state index is 0.266. The summed E-state index contributed by atoms with van der Waals surface area (Å²) < 4.78 is 0. The Balaban J connectivity index is 4.24. The van der Waals surface area contributed by atoms with Crippen molar-refractivity contribution in [1.82, 2.24) is 0 Å². The van der Waals surface area contributed by atoms with Crippen molar-refractivity contribution in [2.75, 3.05) is 6.61 Å². The molecule has 0 aromatic rings. The van der Waals surface area contributed by atoms with E-state index in [0.717, 1.165) is 6.42 Å². The van der Waals surface area contributed by atoms with E-state index in [1.54, 1.807) is 0 Å². The summed E-state index contributed by atoms with van der Waals surface area (Å²) in [5, 5.41) is 8.94. The average molecular weight is 186 g/mol. The molecule has 1 N–H and O–H groups in total. The van der Waals surface area contributed by atoms with Gasteiger partial charge in [-0.2, -0.15) is 0 Å². The number of hydrogen-bond acceptors (Lipinski definition) is 1. The Morgan fingerprint density at radius 1 is 1.08 bits per heavy atom. The molecule has 0 heterocycles. The van der Waals surface area contributed by atoms with Crippen molar-refractivity contribution in [2.24, 2.45) is 16.7 Å². The monoisotopic (exact) mass is 186 g/mol. The molecule has 0 bridgehead atoms. The maximum atomic E-state index is 8.94. The Hall–Kier alpha value is -0.0400. The third-order valence-electron chi connectivity index (χ3n) is 3.29. The van der Waals surface area contributed by atoms with Gasteiger partial charge in [0.15, 0.2) is 0 Å². The summed E-state index contributed by atoms with van der Waals surface area (Å²) in [7, 11) is 0. The van der Waals surface area contributed by atoms with Crippen LogP contribution in [0.1, 0.15) is 54.4 Å². The van der Waals surface area contributed by atoms with Gasteiger partial charge in [0.05, 0.1) is 0 Å². The minimum Gasteiger partial charge on any atom is -0.396 e. The van der Waals surface area contributed by atoms with Gasteiger partial charge in [0.1, 0.15) is 0 Å². The summed E-state index contributed by atoms with van der Waals surface area (Å²) in [5.41, 5.74) is 0.640. The van der Waals surface area contributed by atoms with Gasteiger partial charge in [-0.25, -0.2) is 0 Å². The van der Waals surface area contributed by atoms with Crippen LogP contribution in [0.25, 0.3) is 0 Å². The predicted molar refractivity (Wildman–Crippen MR) is 58.7 cm³/mol. The largest absolute Gasteiger partial charge is 0.396 e. The predicted octanol–water partition coefficient (Wildman–Crippen LogP) is 3.47. The second kappa shape index (κ2) is 4.45. The molecule has 0 aromatic heterocycles. The number of rotatable bonds is 5. The van der Waals surface area contributed by atoms with Gasteiger partial charge >= 0.3 is 0 Å². The van der Waals surface area contributed by atoms with Crippen LogP contribution in [0, 0.1) is 16.7 Å². The zero-order chi connectivity index (χ0) is 10.7. The molecule has 0 radical (unpaired) electrons. The van der Waals surface area contributed by atoms with Crippen molar-refractivity contribution in [2.45, 2.75) is 54.4 Å². The van der Waals surface area contributed by atoms with Gasteiger partial charge in [0, 0.05) is 6.61 Å². The van der Waals surface area contributed by atoms with Gasteiger partial charge in [-0.1, -0.05) is 41.5 Å². The van der Waals surface area contributed by atoms with Crippen LogP contribution in [0.4, 0.5) is 0 Å². The maximum Gasteiger partial charge on any atom is 0.0436 e. The molecule has 13 heavy (non-hydrogen) atoms. The molecule has 0 aliphatic heterocycles. The third kappa shape index (κ3) is 4.66. The molecular formula is C12H26O. The molecule has 1 heteroatoms. The zero-order valence-corrected chi connectivity index (χ0v) is 10.1. The van der Waals surface area contributed by atoms with Crippen LogP contribution in [0.15, 0.2) is 0 Å². The fourth-order valence-corrected chi connectivity index (χ4v) is 1.83. The summed E-state index contributed by atoms with van der Waals surface area (Å²) in [6, 6.07) is 0. The van der Waals surface area contributed by atoms with Crippen LogP contribution in [-0.2, 0) is 0 Å². The SMILES string of the molecule is CC(C)C(C)(C)CC(C)(C)CCO. The highest BCUT2D eigenvalue weighted by Gasteiger charge is 2.30. The molecule has 80 valence electrons. The van der Waals surface area contributed by atoms with E-state index < -0.39 is 0 Å². The Bertz CT molecular complexity index is 145. The van der Waals surface area contributed by atoms with Crippen molar-refractivity contribution >= 4 is 0 Å². The lowest BCUT2D eigenvalue weighted by atomic mass is 9.68. The maximum absolute atomic E-state index is 8.94. The zero-order valence-electron chi connectivity index (χ0n) is 10.1. The molecule has 0 rings (SSSR count). The molecule has 0 aliphatic rings. The summed E-state index contributed by atoms with van der Waals surface area (Å²) in [6.07, 6.45) is 2.08. The fourth-order valence-electron chi connectivity index (χ4n) is 1.83. The summed E-state index contributed by atoms with van der Waals surface area (Å²) in [6.45, 7) is 14.0. The van der Waals surface area contributed by atoms with E-state index in [0.29, 0.717) is 17.9 Å². The highest BCUT2D eigenvalue weighted by molar-refractivity contribution is 4.81. The Morgan fingerprint density at radius 3 is 1.85 bits per heavy atom. The number of aliphatic hydroxyl groups excluding tert-OH is 1. The third-order valence-corrected chi connectivity index (χ3v) is 3.29. The second-order valence-corrected chi connectivity index (χ2v) is 5.96. The Kier molecular flexibility index (Phi) is 4.44. The summed E-state index contributed by atoms with van der Waals surface area (Å²) in [5.74, 6) is 0.700. The molecule has 0 spiro atoms. The van der Waals surface area contributed by atoms with Crippen LogP contribution in [0.5, 0.6) is 0 Å². The van der Waals surface area contributed by atoms with Gasteiger partial charge in [0.2, 0.25) is 0 Å². The molecule has 0 amide bonds. The van der Waals surface area contributed by atoms with Gasteiger partial charge < -0.3 is 5.11 Å². The smallest absolute Gasteiger partial charge is 0.0436 e. The Labute approximate surface area is 83.5 Å². The summed E-state index contributed by atoms with van der Waals surface area (Å²) in [4.78, 5) is 0. The molecule has 0 fully saturated rings. The Morgan fingerprint density at radius 2 is 1.54 bits per heavy atom. The summed E-state index contributed by atoms with van der Waals surface area (Å²) >= 11 is 0. The van der Waals surface area contributed by atoms with E-state index in [-0.39, 0.29) is 5.41 Å². The van der Waals surface area contributed by atoms with Crippen molar-refractivity contribution < 1.29 is 5.11 Å². The lowest BCUT2D eigenvalue weighted by Gasteiger charge is -2.37. The highest BCUT2D eigenvalue weighted by Crippen LogP contribution is 2.40. The van der Waals surface area contributed by atoms with Gasteiger partial charge in [-0.3, -0.25) is 0 Å². The van der Waals surface area contributed by atoms with Crippen LogP contribution in [-0.4, -0.2) is 11.7 Å². The molecule has 0 unspecified atom stereocenters. The van der Waals surface area contributed by atoms with Crippen LogP contribution < -0.4 is 0 Å². The average Bonchev–Trinajstić information content (AvgIpc) is 1.83. The number of hydrogen-bond donors (Lipinski definition) is 1. The van der Waals surface area contributed by atoms with Gasteiger partial charge in [0.25, 0.3) is 0 Å². The van der Waals surface area contributed by atoms with E-state index in [9.17, 15) is 0 Å². The second-order valence-electron chi connectivity index (χ2n) is 5.96. The van der Waals surface area contributed by atoms with Crippen LogP contribution >= 0.6 is 0 Å². The molecule has 1 nitrogen and oxygen atoms in total. The first-order valence-corrected chi connectivity index (χ1v) is 5.32. The molecule has 0 atom stereocenters. The van der Waals surface area contributed by atoms with E-state index in [1.807, 2.05) is 0 Å². The number of aliphatic hydroxyl groups is 1. The highest BCUT2D eigenvalue weighted by atomic mass is 16.3. The van der Waals surface area contributed by atoms with Crippen LogP contribution in [0.2, 0.25) is 0 Å². The van der Waals surface area contributed by atoms with E-state index >= 15 is 0 Å². The molecular weight excluding hydrogens is 160 g/mol. The van der Waals surface area contributed by atoms with E-state index in [4.69, 9.17) is 5.11 Å². The first-order valence-electron chi connectivity index (χ1n) is 5.32. The normalized spacial score (nSPS) is 13.8. The first-order chi connectivity index (χ1) is 5.71. The molecule has 0 saturated heterocycles. The molecule has 0 saturated carbocycles.